The van der Waals surface area contributed by atoms with Crippen LogP contribution in [0.3, 0.4) is 0 Å². The van der Waals surface area contributed by atoms with Gasteiger partial charge < -0.3 is 15.0 Å². The molecule has 30 heavy (non-hydrogen) atoms. The van der Waals surface area contributed by atoms with Gasteiger partial charge in [-0.25, -0.2) is 0 Å². The van der Waals surface area contributed by atoms with Crippen LogP contribution in [0.2, 0.25) is 0 Å². The number of amides is 2. The molecule has 156 valence electrons. The third kappa shape index (κ3) is 4.52. The highest BCUT2D eigenvalue weighted by Crippen LogP contribution is 2.25. The molecular formula is C22H25N5O3. The van der Waals surface area contributed by atoms with E-state index in [-0.39, 0.29) is 24.3 Å². The van der Waals surface area contributed by atoms with Gasteiger partial charge in [-0.15, -0.1) is 0 Å². The first-order valence-electron chi connectivity index (χ1n) is 10.3. The first-order valence-corrected chi connectivity index (χ1v) is 10.3. The van der Waals surface area contributed by atoms with Gasteiger partial charge in [-0.05, 0) is 43.0 Å². The monoisotopic (exact) mass is 407 g/mol. The number of fused-ring (bicyclic) bond motifs is 1. The van der Waals surface area contributed by atoms with Crippen molar-refractivity contribution < 1.29 is 14.3 Å². The standard InChI is InChI=1S/C22H25N5O3/c23-12-17-2-1-3-18(10-17)22(29)26-14-19-4-7-25-27(19)20(15-26)11-21(28)24-13-16-5-8-30-9-6-16/h1-4,7,10,16,20H,5-6,8-9,11,13-15H2,(H,24,28)/t20-/m0/s1. The van der Waals surface area contributed by atoms with Crippen molar-refractivity contribution >= 4 is 11.8 Å². The van der Waals surface area contributed by atoms with E-state index in [2.05, 4.69) is 16.5 Å². The molecule has 2 aromatic rings. The zero-order chi connectivity index (χ0) is 20.9. The lowest BCUT2D eigenvalue weighted by molar-refractivity contribution is -0.122. The molecule has 0 saturated carbocycles. The maximum absolute atomic E-state index is 13.0. The lowest BCUT2D eigenvalue weighted by Gasteiger charge is -2.34. The second-order valence-corrected chi connectivity index (χ2v) is 7.86. The molecule has 0 spiro atoms. The summed E-state index contributed by atoms with van der Waals surface area (Å²) in [4.78, 5) is 27.4. The van der Waals surface area contributed by atoms with Gasteiger partial charge in [0, 0.05) is 38.1 Å². The van der Waals surface area contributed by atoms with E-state index in [1.165, 1.54) is 0 Å². The predicted molar refractivity (Wildman–Crippen MR) is 108 cm³/mol. The van der Waals surface area contributed by atoms with Crippen LogP contribution >= 0.6 is 0 Å². The molecule has 1 atom stereocenters. The van der Waals surface area contributed by atoms with Crippen LogP contribution in [0.25, 0.3) is 0 Å². The highest BCUT2D eigenvalue weighted by molar-refractivity contribution is 5.94. The highest BCUT2D eigenvalue weighted by atomic mass is 16.5. The second kappa shape index (κ2) is 9.09. The van der Waals surface area contributed by atoms with E-state index in [1.54, 1.807) is 35.4 Å². The fourth-order valence-corrected chi connectivity index (χ4v) is 4.09. The zero-order valence-electron chi connectivity index (χ0n) is 16.8. The van der Waals surface area contributed by atoms with Crippen molar-refractivity contribution in [3.63, 3.8) is 0 Å². The number of hydrogen-bond donors (Lipinski definition) is 1. The molecule has 0 bridgehead atoms. The van der Waals surface area contributed by atoms with Crippen LogP contribution in [-0.2, 0) is 16.1 Å². The van der Waals surface area contributed by atoms with E-state index in [1.807, 2.05) is 10.7 Å². The van der Waals surface area contributed by atoms with E-state index in [4.69, 9.17) is 10.00 Å². The molecule has 0 unspecified atom stereocenters. The van der Waals surface area contributed by atoms with Gasteiger partial charge in [0.05, 0.1) is 36.3 Å². The molecule has 3 heterocycles. The second-order valence-electron chi connectivity index (χ2n) is 7.86. The van der Waals surface area contributed by atoms with Gasteiger partial charge in [0.15, 0.2) is 0 Å². The van der Waals surface area contributed by atoms with Crippen molar-refractivity contribution in [2.24, 2.45) is 5.92 Å². The third-order valence-corrected chi connectivity index (χ3v) is 5.76. The van der Waals surface area contributed by atoms with Crippen molar-refractivity contribution in [3.05, 3.63) is 53.3 Å². The molecular weight excluding hydrogens is 382 g/mol. The molecule has 1 saturated heterocycles. The van der Waals surface area contributed by atoms with Crippen molar-refractivity contribution in [2.45, 2.75) is 31.8 Å². The molecule has 8 heteroatoms. The quantitative estimate of drug-likeness (QED) is 0.816. The zero-order valence-corrected chi connectivity index (χ0v) is 16.8. The van der Waals surface area contributed by atoms with Crippen molar-refractivity contribution in [1.29, 1.82) is 5.26 Å². The highest BCUT2D eigenvalue weighted by Gasteiger charge is 2.30. The Hall–Kier alpha value is -3.18. The van der Waals surface area contributed by atoms with Crippen LogP contribution in [-0.4, -0.2) is 52.8 Å². The number of carbonyl (C=O) groups excluding carboxylic acids is 2. The molecule has 0 aliphatic carbocycles. The molecule has 4 rings (SSSR count). The van der Waals surface area contributed by atoms with E-state index in [0.29, 0.717) is 36.7 Å². The average molecular weight is 407 g/mol. The van der Waals surface area contributed by atoms with Gasteiger partial charge in [-0.1, -0.05) is 6.07 Å². The van der Waals surface area contributed by atoms with Gasteiger partial charge in [0.1, 0.15) is 0 Å². The number of ether oxygens (including phenoxy) is 1. The van der Waals surface area contributed by atoms with Crippen LogP contribution in [0, 0.1) is 17.2 Å². The topological polar surface area (TPSA) is 100 Å². The molecule has 1 aromatic carbocycles. The minimum atomic E-state index is -0.221. The van der Waals surface area contributed by atoms with Crippen molar-refractivity contribution in [2.75, 3.05) is 26.3 Å². The summed E-state index contributed by atoms with van der Waals surface area (Å²) in [5.74, 6) is 0.278. The maximum atomic E-state index is 13.0. The minimum Gasteiger partial charge on any atom is -0.381 e. The van der Waals surface area contributed by atoms with Gasteiger partial charge in [-0.3, -0.25) is 14.3 Å². The number of aromatic nitrogens is 2. The Bertz CT molecular complexity index is 958. The van der Waals surface area contributed by atoms with E-state index in [0.717, 1.165) is 31.7 Å². The molecule has 0 radical (unpaired) electrons. The number of benzene rings is 1. The lowest BCUT2D eigenvalue weighted by Crippen LogP contribution is -2.43. The molecule has 1 N–H and O–H groups in total. The Morgan fingerprint density at radius 2 is 2.10 bits per heavy atom. The number of nitrogens with one attached hydrogen (secondary N) is 1. The maximum Gasteiger partial charge on any atom is 0.254 e. The minimum absolute atomic E-state index is 0.0336. The number of nitrogens with zero attached hydrogens (tertiary/aromatic N) is 4. The first kappa shape index (κ1) is 20.1. The van der Waals surface area contributed by atoms with Crippen LogP contribution in [0.4, 0.5) is 0 Å². The van der Waals surface area contributed by atoms with Crippen LogP contribution in [0.15, 0.2) is 36.5 Å². The molecule has 1 fully saturated rings. The van der Waals surface area contributed by atoms with E-state index >= 15 is 0 Å². The van der Waals surface area contributed by atoms with Crippen LogP contribution in [0.5, 0.6) is 0 Å². The van der Waals surface area contributed by atoms with Crippen molar-refractivity contribution in [1.82, 2.24) is 20.0 Å². The molecule has 8 nitrogen and oxygen atoms in total. The first-order chi connectivity index (χ1) is 14.6. The summed E-state index contributed by atoms with van der Waals surface area (Å²) in [5.41, 5.74) is 1.82. The fraction of sp³-hybridized carbons (Fsp3) is 0.455. The summed E-state index contributed by atoms with van der Waals surface area (Å²) < 4.78 is 7.21. The Morgan fingerprint density at radius 1 is 1.27 bits per heavy atom. The Morgan fingerprint density at radius 3 is 2.90 bits per heavy atom. The Balaban J connectivity index is 1.42. The summed E-state index contributed by atoms with van der Waals surface area (Å²) in [6.07, 6.45) is 3.90. The van der Waals surface area contributed by atoms with E-state index < -0.39 is 0 Å². The summed E-state index contributed by atoms with van der Waals surface area (Å²) >= 11 is 0. The lowest BCUT2D eigenvalue weighted by atomic mass is 10.0. The van der Waals surface area contributed by atoms with E-state index in [9.17, 15) is 9.59 Å². The van der Waals surface area contributed by atoms with Gasteiger partial charge in [0.2, 0.25) is 5.91 Å². The predicted octanol–water partition coefficient (Wildman–Crippen LogP) is 1.88. The largest absolute Gasteiger partial charge is 0.381 e. The average Bonchev–Trinajstić information content (AvgIpc) is 3.27. The molecule has 1 aromatic heterocycles. The van der Waals surface area contributed by atoms with Crippen molar-refractivity contribution in [3.8, 4) is 6.07 Å². The summed E-state index contributed by atoms with van der Waals surface area (Å²) in [6, 6.07) is 10.4. The summed E-state index contributed by atoms with van der Waals surface area (Å²) in [5, 5.41) is 16.5. The van der Waals surface area contributed by atoms with Gasteiger partial charge >= 0.3 is 0 Å². The van der Waals surface area contributed by atoms with Gasteiger partial charge in [0.25, 0.3) is 5.91 Å². The molecule has 2 aliphatic heterocycles. The summed E-state index contributed by atoms with van der Waals surface area (Å²) in [7, 11) is 0. The number of rotatable bonds is 5. The van der Waals surface area contributed by atoms with Gasteiger partial charge in [-0.2, -0.15) is 10.4 Å². The third-order valence-electron chi connectivity index (χ3n) is 5.76. The SMILES string of the molecule is N#Cc1cccc(C(=O)N2Cc3ccnn3[C@@H](CC(=O)NCC3CCOCC3)C2)c1. The normalized spacial score (nSPS) is 19.0. The Kier molecular flexibility index (Phi) is 6.10. The number of nitriles is 1. The van der Waals surface area contributed by atoms with Crippen LogP contribution in [0.1, 0.15) is 46.9 Å². The number of carbonyl (C=O) groups is 2. The molecule has 2 aliphatic rings. The fourth-order valence-electron chi connectivity index (χ4n) is 4.09. The summed E-state index contributed by atoms with van der Waals surface area (Å²) in [6.45, 7) is 2.99. The number of hydrogen-bond acceptors (Lipinski definition) is 5. The van der Waals surface area contributed by atoms with Crippen LogP contribution < -0.4 is 5.32 Å². The Labute approximate surface area is 175 Å². The molecule has 2 amide bonds. The smallest absolute Gasteiger partial charge is 0.254 e.